The summed E-state index contributed by atoms with van der Waals surface area (Å²) in [6, 6.07) is 8.98. The van der Waals surface area contributed by atoms with E-state index in [0.29, 0.717) is 12.3 Å². The highest BCUT2D eigenvalue weighted by Crippen LogP contribution is 2.30. The third kappa shape index (κ3) is 6.44. The van der Waals surface area contributed by atoms with Crippen LogP contribution in [0, 0.1) is 5.92 Å². The maximum Gasteiger partial charge on any atom is 0.394 e. The number of hydrogen-bond acceptors (Lipinski definition) is 4. The molecule has 2 N–H and O–H groups in total. The van der Waals surface area contributed by atoms with Crippen LogP contribution in [-0.4, -0.2) is 38.8 Å². The van der Waals surface area contributed by atoms with Crippen molar-refractivity contribution in [3.05, 3.63) is 35.9 Å². The van der Waals surface area contributed by atoms with Gasteiger partial charge in [0.1, 0.15) is 6.61 Å². The number of nitrogens with zero attached hydrogens (tertiary/aromatic N) is 1. The van der Waals surface area contributed by atoms with Crippen LogP contribution in [0.25, 0.3) is 0 Å². The molecule has 0 radical (unpaired) electrons. The van der Waals surface area contributed by atoms with Crippen molar-refractivity contribution in [1.29, 1.82) is 0 Å². The van der Waals surface area contributed by atoms with Gasteiger partial charge in [0.05, 0.1) is 18.2 Å². The molecular weight excluding hydrogens is 297 g/mol. The minimum atomic E-state index is -4.30. The van der Waals surface area contributed by atoms with E-state index in [4.69, 9.17) is 10.6 Å². The fraction of sp³-hybridized carbons (Fsp3) is 0.533. The molecule has 0 aliphatic carbocycles. The summed E-state index contributed by atoms with van der Waals surface area (Å²) < 4.78 is 43.4. The van der Waals surface area contributed by atoms with Crippen molar-refractivity contribution >= 4 is 5.71 Å². The Morgan fingerprint density at radius 2 is 1.95 bits per heavy atom. The number of hydrogen-bond donors (Lipinski definition) is 1. The zero-order valence-electron chi connectivity index (χ0n) is 12.5. The fourth-order valence-electron chi connectivity index (χ4n) is 1.90. The monoisotopic (exact) mass is 318 g/mol. The molecule has 22 heavy (non-hydrogen) atoms. The van der Waals surface area contributed by atoms with Crippen LogP contribution in [0.2, 0.25) is 0 Å². The Hall–Kier alpha value is -1.60. The molecule has 0 heterocycles. The minimum Gasteiger partial charge on any atom is -0.394 e. The topological polar surface area (TPSA) is 56.8 Å². The van der Waals surface area contributed by atoms with Crippen molar-refractivity contribution in [1.82, 2.24) is 0 Å². The summed E-state index contributed by atoms with van der Waals surface area (Å²) in [4.78, 5) is 5.03. The van der Waals surface area contributed by atoms with Gasteiger partial charge in [-0.15, -0.1) is 0 Å². The lowest BCUT2D eigenvalue weighted by atomic mass is 9.98. The van der Waals surface area contributed by atoms with Crippen molar-refractivity contribution in [2.45, 2.75) is 19.0 Å². The second kappa shape index (κ2) is 9.42. The van der Waals surface area contributed by atoms with E-state index in [1.54, 1.807) is 24.3 Å². The molecule has 0 amide bonds. The highest BCUT2D eigenvalue weighted by atomic mass is 19.4. The Balaban J connectivity index is 2.78. The Morgan fingerprint density at radius 1 is 1.27 bits per heavy atom. The van der Waals surface area contributed by atoms with Gasteiger partial charge in [0.15, 0.2) is 0 Å². The lowest BCUT2D eigenvalue weighted by molar-refractivity contribution is -0.187. The average molecular weight is 318 g/mol. The van der Waals surface area contributed by atoms with Crippen LogP contribution in [0.4, 0.5) is 13.2 Å². The number of alkyl halides is 3. The van der Waals surface area contributed by atoms with E-state index in [0.717, 1.165) is 5.56 Å². The highest BCUT2D eigenvalue weighted by molar-refractivity contribution is 6.00. The first-order chi connectivity index (χ1) is 10.5. The number of rotatable bonds is 9. The van der Waals surface area contributed by atoms with Gasteiger partial charge >= 0.3 is 6.18 Å². The van der Waals surface area contributed by atoms with E-state index in [9.17, 15) is 13.2 Å². The Morgan fingerprint density at radius 3 is 2.50 bits per heavy atom. The van der Waals surface area contributed by atoms with Gasteiger partial charge in [0, 0.05) is 13.7 Å². The largest absolute Gasteiger partial charge is 0.394 e. The van der Waals surface area contributed by atoms with E-state index >= 15 is 0 Å². The number of benzene rings is 1. The van der Waals surface area contributed by atoms with Gasteiger partial charge in [0.2, 0.25) is 0 Å². The van der Waals surface area contributed by atoms with Crippen LogP contribution in [-0.2, 0) is 9.57 Å². The van der Waals surface area contributed by atoms with E-state index in [2.05, 4.69) is 9.89 Å². The van der Waals surface area contributed by atoms with Crippen molar-refractivity contribution in [3.8, 4) is 0 Å². The first kappa shape index (κ1) is 18.4. The van der Waals surface area contributed by atoms with Crippen molar-refractivity contribution < 1.29 is 22.7 Å². The quantitative estimate of drug-likeness (QED) is 0.433. The number of methoxy groups -OCH3 is 1. The summed E-state index contributed by atoms with van der Waals surface area (Å²) in [5, 5.41) is 3.93. The molecule has 0 bridgehead atoms. The standard InChI is InChI=1S/C15H21F3N2O2/c1-21-11-13(15(16,17)18)7-8-14(20-22-10-9-19)12-5-3-2-4-6-12/h2-6,13H,7-11,19H2,1H3/b20-14+. The van der Waals surface area contributed by atoms with E-state index in [-0.39, 0.29) is 26.1 Å². The maximum atomic E-state index is 12.9. The summed E-state index contributed by atoms with van der Waals surface area (Å²) in [7, 11) is 1.26. The SMILES string of the molecule is COCC(CC/C(=N\OCCN)c1ccccc1)C(F)(F)F. The van der Waals surface area contributed by atoms with Crippen LogP contribution in [0.1, 0.15) is 18.4 Å². The van der Waals surface area contributed by atoms with E-state index < -0.39 is 12.1 Å². The second-order valence-electron chi connectivity index (χ2n) is 4.76. The molecule has 1 aromatic rings. The normalized spacial score (nSPS) is 14.0. The molecule has 0 saturated carbocycles. The molecule has 7 heteroatoms. The van der Waals surface area contributed by atoms with Gasteiger partial charge in [-0.3, -0.25) is 0 Å². The predicted molar refractivity (Wildman–Crippen MR) is 78.6 cm³/mol. The molecule has 124 valence electrons. The Labute approximate surface area is 128 Å². The summed E-state index contributed by atoms with van der Waals surface area (Å²) in [5.41, 5.74) is 6.52. The summed E-state index contributed by atoms with van der Waals surface area (Å²) >= 11 is 0. The van der Waals surface area contributed by atoms with E-state index in [1.807, 2.05) is 6.07 Å². The summed E-state index contributed by atoms with van der Waals surface area (Å²) in [5.74, 6) is -1.53. The zero-order valence-corrected chi connectivity index (χ0v) is 12.5. The van der Waals surface area contributed by atoms with Gasteiger partial charge in [-0.1, -0.05) is 35.5 Å². The lowest BCUT2D eigenvalue weighted by Gasteiger charge is -2.19. The molecule has 1 aromatic carbocycles. The van der Waals surface area contributed by atoms with Crippen LogP contribution in [0.3, 0.4) is 0 Å². The van der Waals surface area contributed by atoms with Crippen molar-refractivity contribution in [3.63, 3.8) is 0 Å². The molecule has 0 aliphatic rings. The summed E-state index contributed by atoms with van der Waals surface area (Å²) in [6.45, 7) is 0.146. The maximum absolute atomic E-state index is 12.9. The van der Waals surface area contributed by atoms with Gasteiger partial charge in [-0.25, -0.2) is 0 Å². The molecule has 1 unspecified atom stereocenters. The molecule has 0 saturated heterocycles. The number of oxime groups is 1. The van der Waals surface area contributed by atoms with Gasteiger partial charge in [0.25, 0.3) is 0 Å². The average Bonchev–Trinajstić information content (AvgIpc) is 2.49. The zero-order chi connectivity index (χ0) is 16.4. The van der Waals surface area contributed by atoms with Gasteiger partial charge < -0.3 is 15.3 Å². The van der Waals surface area contributed by atoms with Gasteiger partial charge in [-0.2, -0.15) is 13.2 Å². The predicted octanol–water partition coefficient (Wildman–Crippen LogP) is 2.97. The smallest absolute Gasteiger partial charge is 0.394 e. The Bertz CT molecular complexity index is 450. The first-order valence-corrected chi connectivity index (χ1v) is 6.99. The van der Waals surface area contributed by atoms with Crippen molar-refractivity contribution in [2.75, 3.05) is 26.9 Å². The number of ether oxygens (including phenoxy) is 1. The third-order valence-corrected chi connectivity index (χ3v) is 3.05. The third-order valence-electron chi connectivity index (χ3n) is 3.05. The van der Waals surface area contributed by atoms with Crippen LogP contribution in [0.5, 0.6) is 0 Å². The minimum absolute atomic E-state index is 0.114. The Kier molecular flexibility index (Phi) is 7.90. The molecule has 0 aromatic heterocycles. The van der Waals surface area contributed by atoms with Crippen LogP contribution in [0.15, 0.2) is 35.5 Å². The molecule has 1 atom stereocenters. The summed E-state index contributed by atoms with van der Waals surface area (Å²) in [6.07, 6.45) is -4.27. The fourth-order valence-corrected chi connectivity index (χ4v) is 1.90. The lowest BCUT2D eigenvalue weighted by Crippen LogP contribution is -2.27. The molecule has 0 fully saturated rings. The van der Waals surface area contributed by atoms with Crippen LogP contribution >= 0.6 is 0 Å². The molecule has 4 nitrogen and oxygen atoms in total. The van der Waals surface area contributed by atoms with E-state index in [1.165, 1.54) is 7.11 Å². The molecule has 1 rings (SSSR count). The first-order valence-electron chi connectivity index (χ1n) is 6.99. The highest BCUT2D eigenvalue weighted by Gasteiger charge is 2.39. The number of nitrogens with two attached hydrogens (primary N) is 1. The molecule has 0 spiro atoms. The van der Waals surface area contributed by atoms with Gasteiger partial charge in [-0.05, 0) is 18.4 Å². The molecular formula is C15H21F3N2O2. The second-order valence-corrected chi connectivity index (χ2v) is 4.76. The van der Waals surface area contributed by atoms with Crippen LogP contribution < -0.4 is 5.73 Å². The number of halogens is 3. The molecule has 0 aliphatic heterocycles. The van der Waals surface area contributed by atoms with Crippen molar-refractivity contribution in [2.24, 2.45) is 16.8 Å².